The number of aromatic nitrogens is 1. The standard InChI is InChI=1S/C22H29FN4O2S.HI/c1-3-30(28)20-9-5-7-18(13-20)27-22(24-2)26-15-16-10-11-21(25-14-16)29-19-8-4-6-17(23)12-19;/h4,6,8,10-12,14,18,20H,3,5,7,9,13,15H2,1-2H3,(H2,24,26,27);1H. The lowest BCUT2D eigenvalue weighted by Gasteiger charge is -2.30. The number of nitrogens with zero attached hydrogens (tertiary/aromatic N) is 2. The third-order valence-corrected chi connectivity index (χ3v) is 6.86. The first kappa shape index (κ1) is 25.5. The van der Waals surface area contributed by atoms with E-state index in [1.54, 1.807) is 31.4 Å². The monoisotopic (exact) mass is 560 g/mol. The van der Waals surface area contributed by atoms with Crippen LogP contribution in [0.15, 0.2) is 47.6 Å². The van der Waals surface area contributed by atoms with Gasteiger partial charge in [0.25, 0.3) is 0 Å². The summed E-state index contributed by atoms with van der Waals surface area (Å²) in [5.74, 6) is 1.91. The Balaban J connectivity index is 0.00000341. The zero-order valence-corrected chi connectivity index (χ0v) is 21.0. The molecule has 0 spiro atoms. The molecular formula is C22H30FIN4O2S. The van der Waals surface area contributed by atoms with Crippen molar-refractivity contribution >= 4 is 40.7 Å². The molecule has 1 aliphatic carbocycles. The lowest BCUT2D eigenvalue weighted by Crippen LogP contribution is -2.46. The predicted molar refractivity (Wildman–Crippen MR) is 134 cm³/mol. The number of ether oxygens (including phenoxy) is 1. The predicted octanol–water partition coefficient (Wildman–Crippen LogP) is 4.38. The van der Waals surface area contributed by atoms with Crippen LogP contribution in [0, 0.1) is 5.82 Å². The van der Waals surface area contributed by atoms with E-state index < -0.39 is 10.8 Å². The highest BCUT2D eigenvalue weighted by Crippen LogP contribution is 2.23. The average molecular weight is 560 g/mol. The maximum atomic E-state index is 13.2. The SMILES string of the molecule is CCS(=O)C1CCCC(NC(=NC)NCc2ccc(Oc3cccc(F)c3)nc2)C1.I. The van der Waals surface area contributed by atoms with Crippen molar-refractivity contribution in [2.24, 2.45) is 4.99 Å². The van der Waals surface area contributed by atoms with Crippen LogP contribution < -0.4 is 15.4 Å². The highest BCUT2D eigenvalue weighted by atomic mass is 127. The number of guanidine groups is 1. The fourth-order valence-corrected chi connectivity index (χ4v) is 4.90. The second kappa shape index (κ2) is 12.9. The number of nitrogens with one attached hydrogen (secondary N) is 2. The Bertz CT molecular complexity index is 882. The quantitative estimate of drug-likeness (QED) is 0.299. The van der Waals surface area contributed by atoms with E-state index >= 15 is 0 Å². The summed E-state index contributed by atoms with van der Waals surface area (Å²) in [6, 6.07) is 9.90. The molecule has 1 saturated carbocycles. The van der Waals surface area contributed by atoms with Crippen molar-refractivity contribution in [3.63, 3.8) is 0 Å². The lowest BCUT2D eigenvalue weighted by molar-refractivity contribution is 0.413. The molecule has 1 fully saturated rings. The molecule has 1 aliphatic rings. The molecule has 9 heteroatoms. The first-order chi connectivity index (χ1) is 14.6. The Kier molecular flexibility index (Phi) is 10.7. The van der Waals surface area contributed by atoms with Gasteiger partial charge in [0.15, 0.2) is 5.96 Å². The molecule has 6 nitrogen and oxygen atoms in total. The topological polar surface area (TPSA) is 75.6 Å². The number of pyridine rings is 1. The maximum Gasteiger partial charge on any atom is 0.219 e. The molecule has 2 N–H and O–H groups in total. The molecule has 3 unspecified atom stereocenters. The van der Waals surface area contributed by atoms with Gasteiger partial charge < -0.3 is 15.4 Å². The Morgan fingerprint density at radius 1 is 1.32 bits per heavy atom. The van der Waals surface area contributed by atoms with Crippen LogP contribution in [0.3, 0.4) is 0 Å². The van der Waals surface area contributed by atoms with Crippen LogP contribution in [0.2, 0.25) is 0 Å². The van der Waals surface area contributed by atoms with Crippen LogP contribution in [-0.4, -0.2) is 39.2 Å². The number of aliphatic imine (C=N–C) groups is 1. The normalized spacial score (nSPS) is 19.8. The van der Waals surface area contributed by atoms with E-state index in [1.807, 2.05) is 13.0 Å². The van der Waals surface area contributed by atoms with Crippen molar-refractivity contribution in [1.29, 1.82) is 0 Å². The zero-order chi connectivity index (χ0) is 21.3. The fraction of sp³-hybridized carbons (Fsp3) is 0.455. The molecule has 3 atom stereocenters. The molecule has 0 radical (unpaired) electrons. The summed E-state index contributed by atoms with van der Waals surface area (Å²) < 4.78 is 31.0. The minimum atomic E-state index is -0.744. The second-order valence-corrected chi connectivity index (χ2v) is 9.29. The summed E-state index contributed by atoms with van der Waals surface area (Å²) in [5.41, 5.74) is 0.971. The van der Waals surface area contributed by atoms with Gasteiger partial charge in [-0.15, -0.1) is 24.0 Å². The van der Waals surface area contributed by atoms with Crippen molar-refractivity contribution in [2.45, 2.75) is 50.4 Å². The van der Waals surface area contributed by atoms with Crippen LogP contribution in [0.1, 0.15) is 38.2 Å². The Hall–Kier alpha value is -1.75. The Morgan fingerprint density at radius 2 is 2.16 bits per heavy atom. The molecule has 1 aromatic carbocycles. The summed E-state index contributed by atoms with van der Waals surface area (Å²) in [6.45, 7) is 2.54. The number of benzene rings is 1. The van der Waals surface area contributed by atoms with Crippen LogP contribution in [0.5, 0.6) is 11.6 Å². The van der Waals surface area contributed by atoms with Crippen LogP contribution in [-0.2, 0) is 17.3 Å². The van der Waals surface area contributed by atoms with Gasteiger partial charge in [0, 0.05) is 59.8 Å². The van der Waals surface area contributed by atoms with Gasteiger partial charge >= 0.3 is 0 Å². The molecule has 1 aromatic heterocycles. The molecule has 31 heavy (non-hydrogen) atoms. The molecule has 0 bridgehead atoms. The highest BCUT2D eigenvalue weighted by Gasteiger charge is 2.26. The van der Waals surface area contributed by atoms with Crippen molar-refractivity contribution in [1.82, 2.24) is 15.6 Å². The van der Waals surface area contributed by atoms with E-state index in [4.69, 9.17) is 4.74 Å². The van der Waals surface area contributed by atoms with Gasteiger partial charge in [-0.2, -0.15) is 0 Å². The van der Waals surface area contributed by atoms with Gasteiger partial charge in [-0.05, 0) is 37.0 Å². The zero-order valence-electron chi connectivity index (χ0n) is 17.8. The Morgan fingerprint density at radius 3 is 2.84 bits per heavy atom. The fourth-order valence-electron chi connectivity index (χ4n) is 3.55. The summed E-state index contributed by atoms with van der Waals surface area (Å²) in [6.07, 6.45) is 5.82. The molecule has 2 aromatic rings. The van der Waals surface area contributed by atoms with Gasteiger partial charge in [-0.1, -0.05) is 25.5 Å². The van der Waals surface area contributed by atoms with Gasteiger partial charge in [0.2, 0.25) is 5.88 Å². The summed E-state index contributed by atoms with van der Waals surface area (Å²) in [4.78, 5) is 8.59. The van der Waals surface area contributed by atoms with Crippen molar-refractivity contribution < 1.29 is 13.3 Å². The van der Waals surface area contributed by atoms with Gasteiger partial charge in [0.1, 0.15) is 11.6 Å². The third-order valence-electron chi connectivity index (χ3n) is 5.12. The molecule has 0 amide bonds. The van der Waals surface area contributed by atoms with Crippen LogP contribution >= 0.6 is 24.0 Å². The van der Waals surface area contributed by atoms with Crippen molar-refractivity contribution in [3.8, 4) is 11.6 Å². The third kappa shape index (κ3) is 8.03. The number of halogens is 2. The largest absolute Gasteiger partial charge is 0.439 e. The van der Waals surface area contributed by atoms with E-state index in [9.17, 15) is 8.60 Å². The minimum absolute atomic E-state index is 0. The first-order valence-electron chi connectivity index (χ1n) is 10.3. The Labute approximate surface area is 203 Å². The lowest BCUT2D eigenvalue weighted by atomic mass is 9.95. The van der Waals surface area contributed by atoms with Crippen molar-refractivity contribution in [2.75, 3.05) is 12.8 Å². The molecular weight excluding hydrogens is 530 g/mol. The average Bonchev–Trinajstić information content (AvgIpc) is 2.77. The molecule has 3 rings (SSSR count). The molecule has 1 heterocycles. The second-order valence-electron chi connectivity index (χ2n) is 7.29. The minimum Gasteiger partial charge on any atom is -0.439 e. The maximum absolute atomic E-state index is 13.2. The van der Waals surface area contributed by atoms with E-state index in [-0.39, 0.29) is 41.1 Å². The number of hydrogen-bond acceptors (Lipinski definition) is 4. The summed E-state index contributed by atoms with van der Waals surface area (Å²) in [5, 5.41) is 7.03. The number of rotatable bonds is 7. The number of hydrogen-bond donors (Lipinski definition) is 2. The van der Waals surface area contributed by atoms with Crippen molar-refractivity contribution in [3.05, 3.63) is 54.0 Å². The van der Waals surface area contributed by atoms with Crippen LogP contribution in [0.4, 0.5) is 4.39 Å². The summed E-state index contributed by atoms with van der Waals surface area (Å²) >= 11 is 0. The smallest absolute Gasteiger partial charge is 0.219 e. The van der Waals surface area contributed by atoms with E-state index in [2.05, 4.69) is 20.6 Å². The summed E-state index contributed by atoms with van der Waals surface area (Å²) in [7, 11) is 1.000. The van der Waals surface area contributed by atoms with Gasteiger partial charge in [0.05, 0.1) is 0 Å². The van der Waals surface area contributed by atoms with E-state index in [0.717, 1.165) is 43.0 Å². The van der Waals surface area contributed by atoms with E-state index in [1.165, 1.54) is 12.1 Å². The molecule has 170 valence electrons. The highest BCUT2D eigenvalue weighted by molar-refractivity contribution is 14.0. The molecule has 0 saturated heterocycles. The van der Waals surface area contributed by atoms with Gasteiger partial charge in [-0.25, -0.2) is 9.37 Å². The van der Waals surface area contributed by atoms with Gasteiger partial charge in [-0.3, -0.25) is 9.20 Å². The van der Waals surface area contributed by atoms with Crippen LogP contribution in [0.25, 0.3) is 0 Å². The van der Waals surface area contributed by atoms with E-state index in [0.29, 0.717) is 18.2 Å². The molecule has 0 aliphatic heterocycles. The first-order valence-corrected chi connectivity index (χ1v) is 11.7.